The van der Waals surface area contributed by atoms with Gasteiger partial charge in [-0.05, 0) is 19.9 Å². The molecule has 0 aliphatic rings. The Morgan fingerprint density at radius 3 is 2.50 bits per heavy atom. The van der Waals surface area contributed by atoms with Crippen molar-refractivity contribution in [2.45, 2.75) is 13.8 Å². The van der Waals surface area contributed by atoms with E-state index in [0.29, 0.717) is 18.2 Å². The van der Waals surface area contributed by atoms with Gasteiger partial charge in [-0.15, -0.1) is 0 Å². The average molecular weight is 213 g/mol. The molecule has 14 heavy (non-hydrogen) atoms. The van der Waals surface area contributed by atoms with Crippen molar-refractivity contribution in [2.24, 2.45) is 0 Å². The lowest BCUT2D eigenvalue weighted by molar-refractivity contribution is 0.225. The molecule has 5 heteroatoms. The minimum atomic E-state index is -0.388. The van der Waals surface area contributed by atoms with Crippen molar-refractivity contribution in [3.63, 3.8) is 0 Å². The van der Waals surface area contributed by atoms with Crippen LogP contribution in [-0.2, 0) is 9.31 Å². The number of aromatic nitrogens is 1. The minimum absolute atomic E-state index is 0.388. The number of pyridine rings is 1. The van der Waals surface area contributed by atoms with Crippen LogP contribution in [0.5, 0.6) is 0 Å². The van der Waals surface area contributed by atoms with E-state index in [9.17, 15) is 0 Å². The van der Waals surface area contributed by atoms with Gasteiger partial charge in [-0.1, -0.05) is 11.6 Å². The maximum Gasteiger partial charge on any atom is 0.495 e. The SMILES string of the molecule is CCOB(OCC)c1ccncc1Cl. The molecule has 0 amide bonds. The summed E-state index contributed by atoms with van der Waals surface area (Å²) in [6, 6.07) is 1.80. The fourth-order valence-electron chi connectivity index (χ4n) is 1.11. The Hall–Kier alpha value is -0.575. The van der Waals surface area contributed by atoms with Gasteiger partial charge in [0.25, 0.3) is 0 Å². The van der Waals surface area contributed by atoms with Crippen molar-refractivity contribution in [2.75, 3.05) is 13.2 Å². The third-order valence-corrected chi connectivity index (χ3v) is 2.01. The zero-order chi connectivity index (χ0) is 10.4. The van der Waals surface area contributed by atoms with Crippen molar-refractivity contribution in [1.29, 1.82) is 0 Å². The van der Waals surface area contributed by atoms with E-state index < -0.39 is 0 Å². The molecule has 0 saturated heterocycles. The summed E-state index contributed by atoms with van der Waals surface area (Å²) in [6.07, 6.45) is 3.26. The first-order chi connectivity index (χ1) is 6.79. The normalized spacial score (nSPS) is 10.2. The quantitative estimate of drug-likeness (QED) is 0.695. The Labute approximate surface area is 89.5 Å². The van der Waals surface area contributed by atoms with Crippen LogP contribution in [0.2, 0.25) is 5.02 Å². The summed E-state index contributed by atoms with van der Waals surface area (Å²) in [5.41, 5.74) is 0.824. The van der Waals surface area contributed by atoms with E-state index in [0.717, 1.165) is 5.46 Å². The fraction of sp³-hybridized carbons (Fsp3) is 0.444. The van der Waals surface area contributed by atoms with E-state index in [4.69, 9.17) is 20.9 Å². The van der Waals surface area contributed by atoms with Crippen molar-refractivity contribution in [3.05, 3.63) is 23.5 Å². The standard InChI is InChI=1S/C9H13BClNO2/c1-3-13-10(14-4-2)8-5-6-12-7-9(8)11/h5-7H,3-4H2,1-2H3. The highest BCUT2D eigenvalue weighted by atomic mass is 35.5. The van der Waals surface area contributed by atoms with Crippen molar-refractivity contribution >= 4 is 24.2 Å². The van der Waals surface area contributed by atoms with Crippen LogP contribution in [0.4, 0.5) is 0 Å². The van der Waals surface area contributed by atoms with Crippen molar-refractivity contribution < 1.29 is 9.31 Å². The predicted octanol–water partition coefficient (Wildman–Crippen LogP) is 1.50. The Morgan fingerprint density at radius 2 is 2.00 bits per heavy atom. The van der Waals surface area contributed by atoms with Gasteiger partial charge < -0.3 is 9.31 Å². The second kappa shape index (κ2) is 6.01. The summed E-state index contributed by atoms with van der Waals surface area (Å²) in [5, 5.41) is 0.569. The van der Waals surface area contributed by atoms with Crippen LogP contribution in [0.15, 0.2) is 18.5 Å². The lowest BCUT2D eigenvalue weighted by Gasteiger charge is -2.13. The average Bonchev–Trinajstić information content (AvgIpc) is 2.18. The zero-order valence-corrected chi connectivity index (χ0v) is 9.12. The molecule has 76 valence electrons. The zero-order valence-electron chi connectivity index (χ0n) is 8.37. The van der Waals surface area contributed by atoms with E-state index in [2.05, 4.69) is 4.98 Å². The van der Waals surface area contributed by atoms with Gasteiger partial charge >= 0.3 is 7.12 Å². The number of hydrogen-bond donors (Lipinski definition) is 0. The summed E-state index contributed by atoms with van der Waals surface area (Å²) in [5.74, 6) is 0. The monoisotopic (exact) mass is 213 g/mol. The van der Waals surface area contributed by atoms with Gasteiger partial charge in [0.15, 0.2) is 0 Å². The van der Waals surface area contributed by atoms with Gasteiger partial charge in [0.2, 0.25) is 0 Å². The highest BCUT2D eigenvalue weighted by Crippen LogP contribution is 2.04. The second-order valence-corrected chi connectivity index (χ2v) is 3.05. The Morgan fingerprint density at radius 1 is 1.36 bits per heavy atom. The number of hydrogen-bond acceptors (Lipinski definition) is 3. The van der Waals surface area contributed by atoms with Crippen LogP contribution in [0.25, 0.3) is 0 Å². The first-order valence-corrected chi connectivity index (χ1v) is 5.00. The molecule has 0 radical (unpaired) electrons. The fourth-order valence-corrected chi connectivity index (χ4v) is 1.32. The molecule has 0 aromatic carbocycles. The number of halogens is 1. The summed E-state index contributed by atoms with van der Waals surface area (Å²) < 4.78 is 10.8. The van der Waals surface area contributed by atoms with E-state index in [1.807, 2.05) is 13.8 Å². The molecule has 0 atom stereocenters. The lowest BCUT2D eigenvalue weighted by atomic mass is 9.79. The largest absolute Gasteiger partial charge is 0.495 e. The molecule has 0 saturated carbocycles. The van der Waals surface area contributed by atoms with Crippen LogP contribution < -0.4 is 5.46 Å². The van der Waals surface area contributed by atoms with Crippen molar-refractivity contribution in [3.8, 4) is 0 Å². The smallest absolute Gasteiger partial charge is 0.408 e. The third kappa shape index (κ3) is 2.98. The summed E-state index contributed by atoms with van der Waals surface area (Å²) >= 11 is 5.97. The molecule has 1 heterocycles. The van der Waals surface area contributed by atoms with Gasteiger partial charge in [0, 0.05) is 31.1 Å². The Kier molecular flexibility index (Phi) is 4.94. The number of nitrogens with zero attached hydrogens (tertiary/aromatic N) is 1. The molecule has 0 aliphatic carbocycles. The minimum Gasteiger partial charge on any atom is -0.408 e. The molecule has 1 rings (SSSR count). The molecular formula is C9H13BClNO2. The third-order valence-electron chi connectivity index (χ3n) is 1.69. The maximum absolute atomic E-state index is 5.97. The molecule has 0 N–H and O–H groups in total. The van der Waals surface area contributed by atoms with Crippen LogP contribution in [0.3, 0.4) is 0 Å². The molecule has 0 fully saturated rings. The second-order valence-electron chi connectivity index (χ2n) is 2.64. The lowest BCUT2D eigenvalue weighted by Crippen LogP contribution is -2.37. The van der Waals surface area contributed by atoms with E-state index >= 15 is 0 Å². The first kappa shape index (κ1) is 11.5. The highest BCUT2D eigenvalue weighted by Gasteiger charge is 2.22. The van der Waals surface area contributed by atoms with Crippen LogP contribution in [0.1, 0.15) is 13.8 Å². The van der Waals surface area contributed by atoms with Gasteiger partial charge in [0.1, 0.15) is 0 Å². The van der Waals surface area contributed by atoms with E-state index in [-0.39, 0.29) is 7.12 Å². The topological polar surface area (TPSA) is 31.4 Å². The molecular weight excluding hydrogens is 200 g/mol. The molecule has 0 spiro atoms. The summed E-state index contributed by atoms with van der Waals surface area (Å²) in [4.78, 5) is 3.90. The van der Waals surface area contributed by atoms with E-state index in [1.54, 1.807) is 18.5 Å². The summed E-state index contributed by atoms with van der Waals surface area (Å²) in [6.45, 7) is 5.01. The molecule has 1 aromatic heterocycles. The molecule has 0 aliphatic heterocycles. The maximum atomic E-state index is 5.97. The van der Waals surface area contributed by atoms with Gasteiger partial charge in [0.05, 0.1) is 5.02 Å². The van der Waals surface area contributed by atoms with Crippen LogP contribution in [-0.4, -0.2) is 25.3 Å². The van der Waals surface area contributed by atoms with Gasteiger partial charge in [-0.3, -0.25) is 4.98 Å². The van der Waals surface area contributed by atoms with Crippen molar-refractivity contribution in [1.82, 2.24) is 4.98 Å². The molecule has 0 bridgehead atoms. The summed E-state index contributed by atoms with van der Waals surface area (Å²) in [7, 11) is -0.388. The van der Waals surface area contributed by atoms with Gasteiger partial charge in [-0.25, -0.2) is 0 Å². The molecule has 3 nitrogen and oxygen atoms in total. The van der Waals surface area contributed by atoms with Gasteiger partial charge in [-0.2, -0.15) is 0 Å². The van der Waals surface area contributed by atoms with Crippen LogP contribution in [0, 0.1) is 0 Å². The Bertz CT molecular complexity index is 279. The first-order valence-electron chi connectivity index (χ1n) is 4.62. The Balaban J connectivity index is 2.81. The highest BCUT2D eigenvalue weighted by molar-refractivity contribution is 6.64. The predicted molar refractivity (Wildman–Crippen MR) is 57.9 cm³/mol. The van der Waals surface area contributed by atoms with Crippen LogP contribution >= 0.6 is 11.6 Å². The number of rotatable bonds is 5. The molecule has 1 aromatic rings. The molecule has 0 unspecified atom stereocenters. The van der Waals surface area contributed by atoms with E-state index in [1.165, 1.54) is 0 Å².